The second kappa shape index (κ2) is 5.52. The number of nitrogens with one attached hydrogen (secondary N) is 2. The number of rotatable bonds is 4. The highest BCUT2D eigenvalue weighted by molar-refractivity contribution is 5.74. The first-order valence-electron chi connectivity index (χ1n) is 4.34. The minimum absolute atomic E-state index is 0.634. The van der Waals surface area contributed by atoms with E-state index in [0.29, 0.717) is 0 Å². The quantitative estimate of drug-likeness (QED) is 0.474. The number of hydrazine groups is 1. The Bertz CT molecular complexity index is 236. The van der Waals surface area contributed by atoms with Crippen LogP contribution in [0.3, 0.4) is 0 Å². The smallest absolute Gasteiger partial charge is 0.422 e. The lowest BCUT2D eigenvalue weighted by Gasteiger charge is -2.20. The topological polar surface area (TPSA) is 108 Å². The molecule has 7 heteroatoms. The molecule has 7 nitrogen and oxygen atoms in total. The number of carbonyl (C=O) groups excluding carboxylic acids is 1. The van der Waals surface area contributed by atoms with Crippen LogP contribution in [0.2, 0.25) is 0 Å². The minimum atomic E-state index is -1.27. The molecular weight excluding hydrogens is 204 g/mol. The number of hydrogen-bond acceptors (Lipinski definition) is 5. The van der Waals surface area contributed by atoms with Gasteiger partial charge < -0.3 is 14.9 Å². The van der Waals surface area contributed by atoms with Gasteiger partial charge in [0.2, 0.25) is 0 Å². The van der Waals surface area contributed by atoms with E-state index < -0.39 is 30.3 Å². The summed E-state index contributed by atoms with van der Waals surface area (Å²) in [5.41, 5.74) is 3.47. The van der Waals surface area contributed by atoms with E-state index >= 15 is 0 Å². The van der Waals surface area contributed by atoms with Crippen molar-refractivity contribution in [1.82, 2.24) is 10.9 Å². The number of ether oxygens (including phenoxy) is 1. The maximum Gasteiger partial charge on any atom is 0.422 e. The molecule has 0 bridgehead atoms. The summed E-state index contributed by atoms with van der Waals surface area (Å²) in [6, 6.07) is -1.25. The van der Waals surface area contributed by atoms with Crippen molar-refractivity contribution in [2.75, 3.05) is 6.61 Å². The number of aliphatic hydroxyl groups excluding tert-OH is 1. The normalized spacial score (nSPS) is 13.1. The molecule has 15 heavy (non-hydrogen) atoms. The molecule has 0 radical (unpaired) electrons. The Morgan fingerprint density at radius 2 is 1.93 bits per heavy atom. The van der Waals surface area contributed by atoms with E-state index in [9.17, 15) is 9.59 Å². The van der Waals surface area contributed by atoms with Crippen LogP contribution in [0.15, 0.2) is 0 Å². The van der Waals surface area contributed by atoms with E-state index in [4.69, 9.17) is 14.9 Å². The zero-order valence-corrected chi connectivity index (χ0v) is 8.90. The van der Waals surface area contributed by atoms with Crippen molar-refractivity contribution in [2.45, 2.75) is 32.4 Å². The van der Waals surface area contributed by atoms with Crippen molar-refractivity contribution in [2.24, 2.45) is 0 Å². The predicted molar refractivity (Wildman–Crippen MR) is 51.0 cm³/mol. The average Bonchev–Trinajstić information content (AvgIpc) is 2.01. The van der Waals surface area contributed by atoms with Crippen LogP contribution < -0.4 is 10.9 Å². The number of carbonyl (C=O) groups is 2. The van der Waals surface area contributed by atoms with Crippen LogP contribution in [0.25, 0.3) is 0 Å². The van der Waals surface area contributed by atoms with Crippen LogP contribution in [-0.2, 0) is 9.53 Å². The second-order valence-corrected chi connectivity index (χ2v) is 3.84. The summed E-state index contributed by atoms with van der Waals surface area (Å²) in [7, 11) is 0. The summed E-state index contributed by atoms with van der Waals surface area (Å²) in [5, 5.41) is 17.1. The Morgan fingerprint density at radius 3 is 2.27 bits per heavy atom. The first kappa shape index (κ1) is 13.7. The summed E-state index contributed by atoms with van der Waals surface area (Å²) in [6.07, 6.45) is -0.804. The monoisotopic (exact) mass is 220 g/mol. The molecular formula is C8H16N2O5. The number of amides is 1. The van der Waals surface area contributed by atoms with Crippen LogP contribution in [0.4, 0.5) is 4.79 Å². The summed E-state index contributed by atoms with van der Waals surface area (Å²) >= 11 is 0. The summed E-state index contributed by atoms with van der Waals surface area (Å²) in [4.78, 5) is 21.4. The summed E-state index contributed by atoms with van der Waals surface area (Å²) < 4.78 is 4.83. The average molecular weight is 220 g/mol. The Balaban J connectivity index is 3.94. The van der Waals surface area contributed by atoms with E-state index in [1.807, 2.05) is 5.43 Å². The van der Waals surface area contributed by atoms with Crippen molar-refractivity contribution in [3.05, 3.63) is 0 Å². The zero-order chi connectivity index (χ0) is 12.1. The molecule has 0 rings (SSSR count). The summed E-state index contributed by atoms with van der Waals surface area (Å²) in [6.45, 7) is 4.39. The van der Waals surface area contributed by atoms with Crippen LogP contribution in [0, 0.1) is 0 Å². The molecule has 0 spiro atoms. The van der Waals surface area contributed by atoms with Gasteiger partial charge >= 0.3 is 12.1 Å². The fourth-order valence-electron chi connectivity index (χ4n) is 0.635. The van der Waals surface area contributed by atoms with Gasteiger partial charge in [0.05, 0.1) is 6.61 Å². The van der Waals surface area contributed by atoms with Crippen molar-refractivity contribution < 1.29 is 24.5 Å². The van der Waals surface area contributed by atoms with Crippen molar-refractivity contribution >= 4 is 12.1 Å². The number of aliphatic carboxylic acids is 1. The van der Waals surface area contributed by atoms with Crippen LogP contribution in [-0.4, -0.2) is 40.5 Å². The van der Waals surface area contributed by atoms with Gasteiger partial charge in [0, 0.05) is 0 Å². The third-order valence-corrected chi connectivity index (χ3v) is 1.23. The van der Waals surface area contributed by atoms with Gasteiger partial charge in [-0.1, -0.05) is 0 Å². The molecule has 0 heterocycles. The fraction of sp³-hybridized carbons (Fsp3) is 0.750. The Kier molecular flexibility index (Phi) is 5.03. The van der Waals surface area contributed by atoms with Crippen LogP contribution >= 0.6 is 0 Å². The third-order valence-electron chi connectivity index (χ3n) is 1.23. The highest BCUT2D eigenvalue weighted by atomic mass is 16.6. The Labute approximate surface area is 87.4 Å². The Morgan fingerprint density at radius 1 is 1.40 bits per heavy atom. The molecule has 0 aliphatic carbocycles. The van der Waals surface area contributed by atoms with Gasteiger partial charge in [-0.25, -0.2) is 10.2 Å². The lowest BCUT2D eigenvalue weighted by molar-refractivity contribution is -0.140. The molecule has 1 amide bonds. The molecule has 4 N–H and O–H groups in total. The van der Waals surface area contributed by atoms with Gasteiger partial charge in [-0.3, -0.25) is 10.2 Å². The third kappa shape index (κ3) is 6.69. The maximum atomic E-state index is 11.0. The molecule has 0 saturated carbocycles. The molecule has 1 atom stereocenters. The fourth-order valence-corrected chi connectivity index (χ4v) is 0.635. The van der Waals surface area contributed by atoms with Gasteiger partial charge in [0.15, 0.2) is 0 Å². The first-order chi connectivity index (χ1) is 6.76. The van der Waals surface area contributed by atoms with Crippen LogP contribution in [0.5, 0.6) is 0 Å². The number of carboxylic acid groups (broad SMARTS) is 1. The molecule has 0 unspecified atom stereocenters. The molecule has 0 aliphatic rings. The number of aliphatic hydroxyl groups is 1. The van der Waals surface area contributed by atoms with Gasteiger partial charge in [0.1, 0.15) is 11.6 Å². The first-order valence-corrected chi connectivity index (χ1v) is 4.34. The van der Waals surface area contributed by atoms with Gasteiger partial charge in [0.25, 0.3) is 0 Å². The molecule has 0 aromatic rings. The van der Waals surface area contributed by atoms with Crippen LogP contribution in [0.1, 0.15) is 20.8 Å². The van der Waals surface area contributed by atoms with E-state index in [2.05, 4.69) is 5.43 Å². The SMILES string of the molecule is CC(C)(C)OC(=O)NN[C@H](CO)C(=O)O. The molecule has 0 saturated heterocycles. The molecule has 0 aromatic carbocycles. The highest BCUT2D eigenvalue weighted by Gasteiger charge is 2.19. The standard InChI is InChI=1S/C8H16N2O5/c1-8(2,3)15-7(14)10-9-5(4-11)6(12)13/h5,9,11H,4H2,1-3H3,(H,10,14)(H,12,13)/t5-/m1/s1. The van der Waals surface area contributed by atoms with E-state index in [-0.39, 0.29) is 0 Å². The lowest BCUT2D eigenvalue weighted by atomic mass is 10.2. The number of hydrogen-bond donors (Lipinski definition) is 4. The highest BCUT2D eigenvalue weighted by Crippen LogP contribution is 2.05. The van der Waals surface area contributed by atoms with Crippen molar-refractivity contribution in [1.29, 1.82) is 0 Å². The van der Waals surface area contributed by atoms with E-state index in [0.717, 1.165) is 0 Å². The molecule has 88 valence electrons. The molecule has 0 aliphatic heterocycles. The molecule has 0 aromatic heterocycles. The number of carboxylic acids is 1. The van der Waals surface area contributed by atoms with Gasteiger partial charge in [-0.05, 0) is 20.8 Å². The molecule has 0 fully saturated rings. The van der Waals surface area contributed by atoms with E-state index in [1.54, 1.807) is 20.8 Å². The summed E-state index contributed by atoms with van der Waals surface area (Å²) in [5.74, 6) is -1.27. The minimum Gasteiger partial charge on any atom is -0.480 e. The predicted octanol–water partition coefficient (Wildman–Crippen LogP) is -0.539. The van der Waals surface area contributed by atoms with Gasteiger partial charge in [-0.15, -0.1) is 0 Å². The van der Waals surface area contributed by atoms with Gasteiger partial charge in [-0.2, -0.15) is 0 Å². The van der Waals surface area contributed by atoms with Crippen molar-refractivity contribution in [3.8, 4) is 0 Å². The lowest BCUT2D eigenvalue weighted by Crippen LogP contribution is -2.51. The Hall–Kier alpha value is -1.34. The zero-order valence-electron chi connectivity index (χ0n) is 8.90. The largest absolute Gasteiger partial charge is 0.480 e. The second-order valence-electron chi connectivity index (χ2n) is 3.84. The van der Waals surface area contributed by atoms with E-state index in [1.165, 1.54) is 0 Å². The van der Waals surface area contributed by atoms with Crippen molar-refractivity contribution in [3.63, 3.8) is 0 Å². The maximum absolute atomic E-state index is 11.0.